The van der Waals surface area contributed by atoms with Crippen molar-refractivity contribution >= 4 is 29.0 Å². The zero-order chi connectivity index (χ0) is 20.1. The Hall–Kier alpha value is -3.20. The lowest BCUT2D eigenvalue weighted by molar-refractivity contribution is -0.384. The van der Waals surface area contributed by atoms with E-state index in [0.717, 1.165) is 23.9 Å². The molecular formula is C19H18N4O4S. The number of hydrogen-bond acceptors (Lipinski definition) is 7. The fourth-order valence-corrected chi connectivity index (χ4v) is 3.08. The van der Waals surface area contributed by atoms with Crippen LogP contribution >= 0.6 is 11.8 Å². The summed E-state index contributed by atoms with van der Waals surface area (Å²) in [6, 6.07) is 13.6. The number of aromatic nitrogens is 2. The molecule has 0 aliphatic heterocycles. The SMILES string of the molecule is CCc1ccc(NC(=O)[C@H](C)Sc2nnc(-c3cccc([N+](=O)[O-])c3)o2)cc1. The molecule has 0 aliphatic carbocycles. The van der Waals surface area contributed by atoms with Gasteiger partial charge in [-0.05, 0) is 37.1 Å². The minimum Gasteiger partial charge on any atom is -0.411 e. The summed E-state index contributed by atoms with van der Waals surface area (Å²) in [5.74, 6) is -0.0293. The number of nitrogens with one attached hydrogen (secondary N) is 1. The summed E-state index contributed by atoms with van der Waals surface area (Å²) in [6.45, 7) is 3.80. The molecule has 3 aromatic rings. The van der Waals surface area contributed by atoms with Gasteiger partial charge < -0.3 is 9.73 Å². The van der Waals surface area contributed by atoms with Crippen molar-refractivity contribution in [1.29, 1.82) is 0 Å². The van der Waals surface area contributed by atoms with Crippen molar-refractivity contribution in [2.24, 2.45) is 0 Å². The monoisotopic (exact) mass is 398 g/mol. The number of nitrogens with zero attached hydrogens (tertiary/aromatic N) is 3. The number of nitro benzene ring substituents is 1. The van der Waals surface area contributed by atoms with E-state index in [1.165, 1.54) is 17.7 Å². The predicted molar refractivity (Wildman–Crippen MR) is 106 cm³/mol. The highest BCUT2D eigenvalue weighted by Crippen LogP contribution is 2.28. The summed E-state index contributed by atoms with van der Waals surface area (Å²) in [7, 11) is 0. The van der Waals surface area contributed by atoms with Gasteiger partial charge in [-0.25, -0.2) is 0 Å². The highest BCUT2D eigenvalue weighted by molar-refractivity contribution is 8.00. The molecule has 144 valence electrons. The second-order valence-electron chi connectivity index (χ2n) is 5.98. The molecule has 0 saturated heterocycles. The summed E-state index contributed by atoms with van der Waals surface area (Å²) in [5, 5.41) is 21.3. The summed E-state index contributed by atoms with van der Waals surface area (Å²) in [4.78, 5) is 22.8. The molecule has 1 atom stereocenters. The predicted octanol–water partition coefficient (Wildman–Crippen LogP) is 4.33. The van der Waals surface area contributed by atoms with Gasteiger partial charge in [0.1, 0.15) is 0 Å². The first kappa shape index (κ1) is 19.6. The first-order valence-electron chi connectivity index (χ1n) is 8.61. The molecule has 0 unspecified atom stereocenters. The van der Waals surface area contributed by atoms with Crippen LogP contribution in [0.3, 0.4) is 0 Å². The number of carbonyl (C=O) groups is 1. The van der Waals surface area contributed by atoms with Crippen molar-refractivity contribution in [3.05, 3.63) is 64.2 Å². The smallest absolute Gasteiger partial charge is 0.277 e. The van der Waals surface area contributed by atoms with Gasteiger partial charge in [-0.1, -0.05) is 36.9 Å². The Bertz CT molecular complexity index is 988. The number of nitro groups is 1. The number of thioether (sulfide) groups is 1. The molecule has 0 spiro atoms. The van der Waals surface area contributed by atoms with Crippen molar-refractivity contribution in [3.63, 3.8) is 0 Å². The maximum atomic E-state index is 12.4. The van der Waals surface area contributed by atoms with E-state index in [1.807, 2.05) is 24.3 Å². The minimum absolute atomic E-state index is 0.0632. The zero-order valence-corrected chi connectivity index (χ0v) is 16.1. The number of anilines is 1. The Balaban J connectivity index is 1.64. The molecule has 0 bridgehead atoms. The Morgan fingerprint density at radius 3 is 2.68 bits per heavy atom. The van der Waals surface area contributed by atoms with Crippen LogP contribution in [-0.2, 0) is 11.2 Å². The lowest BCUT2D eigenvalue weighted by atomic mass is 10.1. The number of non-ortho nitro benzene ring substituents is 1. The van der Waals surface area contributed by atoms with E-state index in [2.05, 4.69) is 22.4 Å². The third-order valence-electron chi connectivity index (χ3n) is 3.99. The topological polar surface area (TPSA) is 111 Å². The zero-order valence-electron chi connectivity index (χ0n) is 15.3. The molecule has 8 nitrogen and oxygen atoms in total. The number of hydrogen-bond donors (Lipinski definition) is 1. The average molecular weight is 398 g/mol. The van der Waals surface area contributed by atoms with Gasteiger partial charge in [0.05, 0.1) is 10.2 Å². The molecule has 28 heavy (non-hydrogen) atoms. The molecule has 1 aromatic heterocycles. The number of aryl methyl sites for hydroxylation is 1. The summed E-state index contributed by atoms with van der Waals surface area (Å²) < 4.78 is 5.54. The van der Waals surface area contributed by atoms with Crippen molar-refractivity contribution in [2.75, 3.05) is 5.32 Å². The average Bonchev–Trinajstić information content (AvgIpc) is 3.17. The lowest BCUT2D eigenvalue weighted by Gasteiger charge is -2.10. The van der Waals surface area contributed by atoms with Gasteiger partial charge in [-0.3, -0.25) is 14.9 Å². The van der Waals surface area contributed by atoms with Gasteiger partial charge in [0.2, 0.25) is 11.8 Å². The number of benzene rings is 2. The molecule has 1 heterocycles. The van der Waals surface area contributed by atoms with E-state index in [-0.39, 0.29) is 22.7 Å². The molecule has 0 saturated carbocycles. The maximum absolute atomic E-state index is 12.4. The first-order valence-corrected chi connectivity index (χ1v) is 9.49. The molecule has 1 amide bonds. The van der Waals surface area contributed by atoms with Gasteiger partial charge in [-0.15, -0.1) is 10.2 Å². The van der Waals surface area contributed by atoms with Gasteiger partial charge in [0, 0.05) is 23.4 Å². The van der Waals surface area contributed by atoms with Crippen molar-refractivity contribution in [3.8, 4) is 11.5 Å². The molecule has 0 aliphatic rings. The summed E-state index contributed by atoms with van der Waals surface area (Å²) in [6.07, 6.45) is 0.935. The van der Waals surface area contributed by atoms with Crippen LogP contribution in [0.2, 0.25) is 0 Å². The molecule has 3 rings (SSSR count). The molecule has 9 heteroatoms. The van der Waals surface area contributed by atoms with Crippen LogP contribution in [0.4, 0.5) is 11.4 Å². The largest absolute Gasteiger partial charge is 0.411 e. The van der Waals surface area contributed by atoms with Crippen molar-refractivity contribution in [1.82, 2.24) is 10.2 Å². The van der Waals surface area contributed by atoms with E-state index in [9.17, 15) is 14.9 Å². The molecule has 0 radical (unpaired) electrons. The van der Waals surface area contributed by atoms with Crippen LogP contribution in [0.15, 0.2) is 58.2 Å². The summed E-state index contributed by atoms with van der Waals surface area (Å²) >= 11 is 1.12. The van der Waals surface area contributed by atoms with Gasteiger partial charge >= 0.3 is 0 Å². The van der Waals surface area contributed by atoms with Crippen molar-refractivity contribution < 1.29 is 14.1 Å². The highest BCUT2D eigenvalue weighted by atomic mass is 32.2. The third kappa shape index (κ3) is 4.74. The van der Waals surface area contributed by atoms with Gasteiger partial charge in [0.25, 0.3) is 10.9 Å². The van der Waals surface area contributed by atoms with Crippen LogP contribution in [0.25, 0.3) is 11.5 Å². The van der Waals surface area contributed by atoms with E-state index in [1.54, 1.807) is 19.1 Å². The van der Waals surface area contributed by atoms with Crippen LogP contribution in [0, 0.1) is 10.1 Å². The normalized spacial score (nSPS) is 11.8. The van der Waals surface area contributed by atoms with E-state index in [4.69, 9.17) is 4.42 Å². The first-order chi connectivity index (χ1) is 13.5. The fraction of sp³-hybridized carbons (Fsp3) is 0.211. The Kier molecular flexibility index (Phi) is 6.05. The van der Waals surface area contributed by atoms with Gasteiger partial charge in [0.15, 0.2) is 0 Å². The Morgan fingerprint density at radius 2 is 2.00 bits per heavy atom. The standard InChI is InChI=1S/C19H18N4O4S/c1-3-13-7-9-15(10-8-13)20-17(24)12(2)28-19-22-21-18(27-19)14-5-4-6-16(11-14)23(25)26/h4-12H,3H2,1-2H3,(H,20,24)/t12-/m0/s1. The number of carbonyl (C=O) groups excluding carboxylic acids is 1. The second-order valence-corrected chi connectivity index (χ2v) is 7.27. The minimum atomic E-state index is -0.491. The maximum Gasteiger partial charge on any atom is 0.277 e. The summed E-state index contributed by atoms with van der Waals surface area (Å²) in [5.41, 5.74) is 2.30. The fourth-order valence-electron chi connectivity index (χ4n) is 2.40. The van der Waals surface area contributed by atoms with E-state index in [0.29, 0.717) is 5.56 Å². The van der Waals surface area contributed by atoms with Gasteiger partial charge in [-0.2, -0.15) is 0 Å². The van der Waals surface area contributed by atoms with Crippen LogP contribution < -0.4 is 5.32 Å². The van der Waals surface area contributed by atoms with Crippen molar-refractivity contribution in [2.45, 2.75) is 30.7 Å². The number of rotatable bonds is 7. The lowest BCUT2D eigenvalue weighted by Crippen LogP contribution is -2.22. The van der Waals surface area contributed by atoms with Crippen LogP contribution in [-0.4, -0.2) is 26.3 Å². The van der Waals surface area contributed by atoms with Crippen LogP contribution in [0.1, 0.15) is 19.4 Å². The highest BCUT2D eigenvalue weighted by Gasteiger charge is 2.19. The third-order valence-corrected chi connectivity index (χ3v) is 4.92. The Morgan fingerprint density at radius 1 is 1.25 bits per heavy atom. The van der Waals surface area contributed by atoms with E-state index >= 15 is 0 Å². The van der Waals surface area contributed by atoms with Crippen LogP contribution in [0.5, 0.6) is 0 Å². The molecule has 2 aromatic carbocycles. The quantitative estimate of drug-likeness (QED) is 0.358. The Labute approximate surface area is 165 Å². The second kappa shape index (κ2) is 8.66. The molecule has 1 N–H and O–H groups in total. The van der Waals surface area contributed by atoms with E-state index < -0.39 is 10.2 Å². The molecule has 0 fully saturated rings. The molecular weight excluding hydrogens is 380 g/mol. The number of amides is 1.